The molecule has 0 atom stereocenters. The number of carbonyl (C=O) groups excluding carboxylic acids is 2. The number of rotatable bonds is 8. The number of ketones is 2. The van der Waals surface area contributed by atoms with Crippen molar-refractivity contribution in [2.75, 3.05) is 6.61 Å². The first kappa shape index (κ1) is 19.6. The second kappa shape index (κ2) is 8.70. The smallest absolute Gasteiger partial charge is 0.202 e. The van der Waals surface area contributed by atoms with Crippen LogP contribution in [-0.4, -0.2) is 22.7 Å². The molecule has 0 saturated heterocycles. The molecule has 0 amide bonds. The van der Waals surface area contributed by atoms with E-state index in [1.54, 1.807) is 36.4 Å². The maximum absolute atomic E-state index is 12.6. The van der Waals surface area contributed by atoms with Crippen LogP contribution < -0.4 is 4.74 Å². The normalized spacial score (nSPS) is 10.7. The maximum atomic E-state index is 12.6. The lowest BCUT2D eigenvalue weighted by Crippen LogP contribution is -2.13. The molecule has 3 rings (SSSR count). The molecule has 1 aromatic heterocycles. The van der Waals surface area contributed by atoms with Gasteiger partial charge in [-0.3, -0.25) is 9.59 Å². The number of benzene rings is 2. The second-order valence-corrected chi connectivity index (χ2v) is 6.87. The Balaban J connectivity index is 1.64. The highest BCUT2D eigenvalue weighted by atomic mass is 16.5. The summed E-state index contributed by atoms with van der Waals surface area (Å²) in [6.07, 6.45) is 1.02. The summed E-state index contributed by atoms with van der Waals surface area (Å²) in [7, 11) is 0. The first-order chi connectivity index (χ1) is 13.5. The van der Waals surface area contributed by atoms with E-state index >= 15 is 0 Å². The summed E-state index contributed by atoms with van der Waals surface area (Å²) in [6, 6.07) is 18.0. The number of hydrogen-bond acceptors (Lipinski definition) is 3. The Bertz CT molecular complexity index is 969. The van der Waals surface area contributed by atoms with Gasteiger partial charge in [-0.25, -0.2) is 0 Å². The molecule has 0 aliphatic heterocycles. The molecule has 3 aromatic rings. The van der Waals surface area contributed by atoms with E-state index in [1.807, 2.05) is 38.1 Å². The number of carbonyl (C=O) groups is 2. The van der Waals surface area contributed by atoms with Crippen LogP contribution in [0.2, 0.25) is 0 Å². The van der Waals surface area contributed by atoms with Crippen molar-refractivity contribution in [2.45, 2.75) is 33.7 Å². The van der Waals surface area contributed by atoms with Gasteiger partial charge in [0.05, 0.1) is 0 Å². The summed E-state index contributed by atoms with van der Waals surface area (Å²) in [5, 5.41) is 0. The van der Waals surface area contributed by atoms with Gasteiger partial charge in [-0.05, 0) is 50.6 Å². The van der Waals surface area contributed by atoms with Crippen molar-refractivity contribution in [1.29, 1.82) is 0 Å². The van der Waals surface area contributed by atoms with Crippen LogP contribution in [0.25, 0.3) is 0 Å². The zero-order valence-electron chi connectivity index (χ0n) is 16.6. The number of hydrogen-bond donors (Lipinski definition) is 0. The number of aryl methyl sites for hydroxylation is 1. The molecule has 144 valence electrons. The van der Waals surface area contributed by atoms with E-state index in [0.29, 0.717) is 22.4 Å². The van der Waals surface area contributed by atoms with Crippen molar-refractivity contribution in [2.24, 2.45) is 0 Å². The van der Waals surface area contributed by atoms with Gasteiger partial charge in [0.2, 0.25) is 5.78 Å². The van der Waals surface area contributed by atoms with Crippen LogP contribution in [0.5, 0.6) is 5.75 Å². The minimum atomic E-state index is -0.0418. The molecule has 0 bridgehead atoms. The third kappa shape index (κ3) is 4.22. The summed E-state index contributed by atoms with van der Waals surface area (Å²) in [5.74, 6) is 0.492. The van der Waals surface area contributed by atoms with Gasteiger partial charge in [0, 0.05) is 34.6 Å². The van der Waals surface area contributed by atoms with Gasteiger partial charge in [-0.2, -0.15) is 0 Å². The Morgan fingerprint density at radius 3 is 2.21 bits per heavy atom. The molecule has 0 radical (unpaired) electrons. The summed E-state index contributed by atoms with van der Waals surface area (Å²) >= 11 is 0. The molecule has 4 nitrogen and oxygen atoms in total. The van der Waals surface area contributed by atoms with Gasteiger partial charge >= 0.3 is 0 Å². The third-order valence-corrected chi connectivity index (χ3v) is 4.84. The maximum Gasteiger partial charge on any atom is 0.202 e. The molecule has 0 fully saturated rings. The SMILES string of the molecule is CCCn1c(C)cc(C(=O)COc2ccc(C(=O)c3ccccc3)cc2)c1C. The molecule has 0 N–H and O–H groups in total. The van der Waals surface area contributed by atoms with Gasteiger partial charge in [0.15, 0.2) is 12.4 Å². The predicted octanol–water partition coefficient (Wildman–Crippen LogP) is 5.01. The van der Waals surface area contributed by atoms with E-state index in [9.17, 15) is 9.59 Å². The molecular weight excluding hydrogens is 350 g/mol. The van der Waals surface area contributed by atoms with E-state index in [0.717, 1.165) is 24.4 Å². The van der Waals surface area contributed by atoms with Gasteiger partial charge in [-0.15, -0.1) is 0 Å². The monoisotopic (exact) mass is 375 g/mol. The number of nitrogens with zero attached hydrogens (tertiary/aromatic N) is 1. The zero-order chi connectivity index (χ0) is 20.1. The molecule has 0 aliphatic rings. The number of aromatic nitrogens is 1. The highest BCUT2D eigenvalue weighted by molar-refractivity contribution is 6.09. The van der Waals surface area contributed by atoms with Crippen LogP contribution in [-0.2, 0) is 6.54 Å². The standard InChI is InChI=1S/C24H25NO3/c1-4-14-25-17(2)15-22(18(25)3)23(26)16-28-21-12-10-20(11-13-21)24(27)19-8-6-5-7-9-19/h5-13,15H,4,14,16H2,1-3H3. The quantitative estimate of drug-likeness (QED) is 0.520. The fraction of sp³-hybridized carbons (Fsp3) is 0.250. The summed E-state index contributed by atoms with van der Waals surface area (Å²) in [4.78, 5) is 25.0. The highest BCUT2D eigenvalue weighted by Crippen LogP contribution is 2.19. The number of Topliss-reactive ketones (excluding diaryl/α,β-unsaturated/α-hetero) is 1. The van der Waals surface area contributed by atoms with Crippen LogP contribution in [0.4, 0.5) is 0 Å². The van der Waals surface area contributed by atoms with E-state index < -0.39 is 0 Å². The van der Waals surface area contributed by atoms with Crippen molar-refractivity contribution in [3.63, 3.8) is 0 Å². The van der Waals surface area contributed by atoms with E-state index in [2.05, 4.69) is 11.5 Å². The lowest BCUT2D eigenvalue weighted by molar-refractivity contribution is 0.0920. The molecule has 1 heterocycles. The van der Waals surface area contributed by atoms with Crippen LogP contribution in [0, 0.1) is 13.8 Å². The van der Waals surface area contributed by atoms with Crippen molar-refractivity contribution in [1.82, 2.24) is 4.57 Å². The Kier molecular flexibility index (Phi) is 6.09. The second-order valence-electron chi connectivity index (χ2n) is 6.87. The topological polar surface area (TPSA) is 48.3 Å². The fourth-order valence-corrected chi connectivity index (χ4v) is 3.34. The van der Waals surface area contributed by atoms with Crippen molar-refractivity contribution in [3.05, 3.63) is 88.7 Å². The van der Waals surface area contributed by atoms with E-state index in [4.69, 9.17) is 4.74 Å². The molecule has 0 saturated carbocycles. The minimum absolute atomic E-state index is 0.0254. The van der Waals surface area contributed by atoms with Crippen LogP contribution in [0.15, 0.2) is 60.7 Å². The molecule has 0 aliphatic carbocycles. The molecular formula is C24H25NO3. The largest absolute Gasteiger partial charge is 0.485 e. The van der Waals surface area contributed by atoms with E-state index in [1.165, 1.54) is 0 Å². The predicted molar refractivity (Wildman–Crippen MR) is 110 cm³/mol. The lowest BCUT2D eigenvalue weighted by atomic mass is 10.0. The Hall–Kier alpha value is -3.14. The zero-order valence-corrected chi connectivity index (χ0v) is 16.6. The minimum Gasteiger partial charge on any atom is -0.485 e. The average molecular weight is 375 g/mol. The summed E-state index contributed by atoms with van der Waals surface area (Å²) in [5.41, 5.74) is 4.02. The first-order valence-corrected chi connectivity index (χ1v) is 9.53. The summed E-state index contributed by atoms with van der Waals surface area (Å²) < 4.78 is 7.82. The van der Waals surface area contributed by atoms with Crippen molar-refractivity contribution < 1.29 is 14.3 Å². The van der Waals surface area contributed by atoms with Gasteiger partial charge < -0.3 is 9.30 Å². The van der Waals surface area contributed by atoms with Gasteiger partial charge in [-0.1, -0.05) is 37.3 Å². The Morgan fingerprint density at radius 2 is 1.57 bits per heavy atom. The molecule has 2 aromatic carbocycles. The fourth-order valence-electron chi connectivity index (χ4n) is 3.34. The highest BCUT2D eigenvalue weighted by Gasteiger charge is 2.16. The molecule has 28 heavy (non-hydrogen) atoms. The van der Waals surface area contributed by atoms with Gasteiger partial charge in [0.25, 0.3) is 0 Å². The average Bonchev–Trinajstić information content (AvgIpc) is 3.01. The summed E-state index contributed by atoms with van der Waals surface area (Å²) in [6.45, 7) is 6.99. The van der Waals surface area contributed by atoms with Gasteiger partial charge in [0.1, 0.15) is 5.75 Å². The van der Waals surface area contributed by atoms with Crippen LogP contribution in [0.3, 0.4) is 0 Å². The third-order valence-electron chi connectivity index (χ3n) is 4.84. The molecule has 4 heteroatoms. The Labute approximate surface area is 165 Å². The van der Waals surface area contributed by atoms with E-state index in [-0.39, 0.29) is 18.2 Å². The number of ether oxygens (including phenoxy) is 1. The molecule has 0 spiro atoms. The Morgan fingerprint density at radius 1 is 0.929 bits per heavy atom. The van der Waals surface area contributed by atoms with Crippen LogP contribution in [0.1, 0.15) is 51.0 Å². The van der Waals surface area contributed by atoms with Crippen molar-refractivity contribution in [3.8, 4) is 5.75 Å². The molecule has 0 unspecified atom stereocenters. The lowest BCUT2D eigenvalue weighted by Gasteiger charge is -2.09. The van der Waals surface area contributed by atoms with Crippen LogP contribution >= 0.6 is 0 Å². The van der Waals surface area contributed by atoms with Crippen molar-refractivity contribution >= 4 is 11.6 Å². The first-order valence-electron chi connectivity index (χ1n) is 9.53.